The number of nitrogens with zero attached hydrogens (tertiary/aromatic N) is 2. The molecule has 5 heteroatoms. The number of carbonyl (C=O) groups is 1. The number of nitrogens with one attached hydrogen (secondary N) is 1. The summed E-state index contributed by atoms with van der Waals surface area (Å²) in [5.41, 5.74) is 2.18. The summed E-state index contributed by atoms with van der Waals surface area (Å²) in [6, 6.07) is 20.6. The van der Waals surface area contributed by atoms with E-state index in [1.54, 1.807) is 29.3 Å². The van der Waals surface area contributed by atoms with Crippen LogP contribution in [0.3, 0.4) is 0 Å². The molecular formula is C20H18ClN3O. The van der Waals surface area contributed by atoms with Crippen LogP contribution in [-0.4, -0.2) is 17.4 Å². The highest BCUT2D eigenvalue weighted by Crippen LogP contribution is 2.24. The van der Waals surface area contributed by atoms with Crippen LogP contribution in [0.15, 0.2) is 72.9 Å². The molecule has 4 nitrogen and oxygen atoms in total. The molecule has 1 heterocycles. The number of carbonyl (C=O) groups excluding carboxylic acids is 1. The fourth-order valence-corrected chi connectivity index (χ4v) is 2.69. The minimum atomic E-state index is -0.0782. The van der Waals surface area contributed by atoms with Gasteiger partial charge in [-0.25, -0.2) is 4.98 Å². The Balaban J connectivity index is 1.77. The number of aromatic nitrogens is 1. The van der Waals surface area contributed by atoms with E-state index in [1.165, 1.54) is 0 Å². The Hall–Kier alpha value is -2.85. The maximum Gasteiger partial charge on any atom is 0.259 e. The zero-order valence-corrected chi connectivity index (χ0v) is 14.6. The summed E-state index contributed by atoms with van der Waals surface area (Å²) < 4.78 is 0. The molecule has 3 aromatic rings. The molecule has 1 aromatic heterocycles. The fourth-order valence-electron chi connectivity index (χ4n) is 2.50. The monoisotopic (exact) mass is 351 g/mol. The van der Waals surface area contributed by atoms with Crippen LogP contribution in [-0.2, 0) is 0 Å². The summed E-state index contributed by atoms with van der Waals surface area (Å²) in [4.78, 5) is 18.8. The van der Waals surface area contributed by atoms with Crippen molar-refractivity contribution in [1.29, 1.82) is 0 Å². The van der Waals surface area contributed by atoms with E-state index in [1.807, 2.05) is 55.5 Å². The maximum absolute atomic E-state index is 12.7. The SMILES string of the molecule is CCN(C(=O)c1ccc(Nc2ccccc2Cl)nc1)c1ccccc1. The second-order valence-electron chi connectivity index (χ2n) is 5.42. The standard InChI is InChI=1S/C20H18ClN3O/c1-2-24(16-8-4-3-5-9-16)20(25)15-12-13-19(22-14-15)23-18-11-7-6-10-17(18)21/h3-14H,2H2,1H3,(H,22,23). The molecule has 0 radical (unpaired) electrons. The maximum atomic E-state index is 12.7. The Morgan fingerprint density at radius 2 is 1.76 bits per heavy atom. The van der Waals surface area contributed by atoms with Crippen molar-refractivity contribution < 1.29 is 4.79 Å². The van der Waals surface area contributed by atoms with Crippen molar-refractivity contribution in [2.45, 2.75) is 6.92 Å². The molecule has 0 aliphatic rings. The van der Waals surface area contributed by atoms with E-state index in [0.717, 1.165) is 11.4 Å². The highest BCUT2D eigenvalue weighted by Gasteiger charge is 2.16. The first-order valence-electron chi connectivity index (χ1n) is 8.03. The fraction of sp³-hybridized carbons (Fsp3) is 0.100. The van der Waals surface area contributed by atoms with Crippen molar-refractivity contribution in [3.8, 4) is 0 Å². The number of hydrogen-bond acceptors (Lipinski definition) is 3. The molecule has 1 amide bonds. The van der Waals surface area contributed by atoms with Crippen LogP contribution in [0.5, 0.6) is 0 Å². The van der Waals surface area contributed by atoms with E-state index in [4.69, 9.17) is 11.6 Å². The van der Waals surface area contributed by atoms with Gasteiger partial charge in [0.1, 0.15) is 5.82 Å². The number of amides is 1. The molecule has 3 rings (SSSR count). The number of halogens is 1. The van der Waals surface area contributed by atoms with E-state index >= 15 is 0 Å². The molecule has 0 atom stereocenters. The van der Waals surface area contributed by atoms with Gasteiger partial charge in [-0.3, -0.25) is 4.79 Å². The van der Waals surface area contributed by atoms with E-state index in [0.29, 0.717) is 22.9 Å². The molecule has 1 N–H and O–H groups in total. The van der Waals surface area contributed by atoms with Crippen molar-refractivity contribution in [2.24, 2.45) is 0 Å². The van der Waals surface area contributed by atoms with Crippen LogP contribution in [0.4, 0.5) is 17.2 Å². The third kappa shape index (κ3) is 3.98. The molecule has 0 bridgehead atoms. The minimum absolute atomic E-state index is 0.0782. The van der Waals surface area contributed by atoms with E-state index in [9.17, 15) is 4.79 Å². The number of pyridine rings is 1. The van der Waals surface area contributed by atoms with Crippen LogP contribution in [0, 0.1) is 0 Å². The van der Waals surface area contributed by atoms with Gasteiger partial charge in [0.05, 0.1) is 16.3 Å². The van der Waals surface area contributed by atoms with Gasteiger partial charge in [-0.05, 0) is 43.3 Å². The highest BCUT2D eigenvalue weighted by molar-refractivity contribution is 6.33. The van der Waals surface area contributed by atoms with Crippen molar-refractivity contribution in [2.75, 3.05) is 16.8 Å². The predicted molar refractivity (Wildman–Crippen MR) is 103 cm³/mol. The molecule has 2 aromatic carbocycles. The first kappa shape index (κ1) is 17.0. The van der Waals surface area contributed by atoms with Crippen LogP contribution in [0.1, 0.15) is 17.3 Å². The molecule has 0 unspecified atom stereocenters. The molecule has 0 spiro atoms. The molecule has 0 aliphatic carbocycles. The molecule has 25 heavy (non-hydrogen) atoms. The molecular weight excluding hydrogens is 334 g/mol. The molecule has 0 saturated heterocycles. The summed E-state index contributed by atoms with van der Waals surface area (Å²) in [6.45, 7) is 2.54. The van der Waals surface area contributed by atoms with Gasteiger partial charge >= 0.3 is 0 Å². The van der Waals surface area contributed by atoms with Gasteiger partial charge in [0.15, 0.2) is 0 Å². The van der Waals surface area contributed by atoms with Crippen molar-refractivity contribution in [3.63, 3.8) is 0 Å². The number of rotatable bonds is 5. The highest BCUT2D eigenvalue weighted by atomic mass is 35.5. The first-order chi connectivity index (χ1) is 12.2. The van der Waals surface area contributed by atoms with Gasteiger partial charge in [-0.2, -0.15) is 0 Å². The van der Waals surface area contributed by atoms with Crippen molar-refractivity contribution in [1.82, 2.24) is 4.98 Å². The third-order valence-electron chi connectivity index (χ3n) is 3.78. The second kappa shape index (κ2) is 7.81. The summed E-state index contributed by atoms with van der Waals surface area (Å²) in [5.74, 6) is 0.554. The van der Waals surface area contributed by atoms with E-state index in [-0.39, 0.29) is 5.91 Å². The zero-order chi connectivity index (χ0) is 17.6. The quantitative estimate of drug-likeness (QED) is 0.691. The van der Waals surface area contributed by atoms with Gasteiger partial charge in [0.2, 0.25) is 0 Å². The molecule has 0 aliphatic heterocycles. The van der Waals surface area contributed by atoms with Gasteiger partial charge in [-0.1, -0.05) is 41.9 Å². The Morgan fingerprint density at radius 3 is 2.40 bits per heavy atom. The minimum Gasteiger partial charge on any atom is -0.339 e. The number of anilines is 3. The van der Waals surface area contributed by atoms with Crippen LogP contribution in [0.25, 0.3) is 0 Å². The molecule has 0 fully saturated rings. The Kier molecular flexibility index (Phi) is 5.31. The summed E-state index contributed by atoms with van der Waals surface area (Å²) >= 11 is 6.13. The normalized spacial score (nSPS) is 10.3. The van der Waals surface area contributed by atoms with Gasteiger partial charge in [0, 0.05) is 18.4 Å². The lowest BCUT2D eigenvalue weighted by Crippen LogP contribution is -2.30. The topological polar surface area (TPSA) is 45.2 Å². The number of benzene rings is 2. The van der Waals surface area contributed by atoms with Gasteiger partial charge < -0.3 is 10.2 Å². The zero-order valence-electron chi connectivity index (χ0n) is 13.8. The predicted octanol–water partition coefficient (Wildman–Crippen LogP) is 5.15. The van der Waals surface area contributed by atoms with Crippen LogP contribution in [0.2, 0.25) is 5.02 Å². The largest absolute Gasteiger partial charge is 0.339 e. The van der Waals surface area contributed by atoms with Crippen LogP contribution >= 0.6 is 11.6 Å². The second-order valence-corrected chi connectivity index (χ2v) is 5.83. The first-order valence-corrected chi connectivity index (χ1v) is 8.41. The Morgan fingerprint density at radius 1 is 1.04 bits per heavy atom. The van der Waals surface area contributed by atoms with E-state index < -0.39 is 0 Å². The average Bonchev–Trinajstić information content (AvgIpc) is 2.66. The number of para-hydroxylation sites is 2. The lowest BCUT2D eigenvalue weighted by Gasteiger charge is -2.21. The lowest BCUT2D eigenvalue weighted by molar-refractivity contribution is 0.0988. The summed E-state index contributed by atoms with van der Waals surface area (Å²) in [6.07, 6.45) is 1.58. The van der Waals surface area contributed by atoms with Gasteiger partial charge in [-0.15, -0.1) is 0 Å². The lowest BCUT2D eigenvalue weighted by atomic mass is 10.2. The van der Waals surface area contributed by atoms with Gasteiger partial charge in [0.25, 0.3) is 5.91 Å². The number of hydrogen-bond donors (Lipinski definition) is 1. The average molecular weight is 352 g/mol. The molecule has 0 saturated carbocycles. The Bertz CT molecular complexity index is 850. The summed E-state index contributed by atoms with van der Waals surface area (Å²) in [5, 5.41) is 3.76. The summed E-state index contributed by atoms with van der Waals surface area (Å²) in [7, 11) is 0. The molecule has 126 valence electrons. The van der Waals surface area contributed by atoms with Crippen LogP contribution < -0.4 is 10.2 Å². The van der Waals surface area contributed by atoms with Crippen molar-refractivity contribution in [3.05, 3.63) is 83.5 Å². The smallest absolute Gasteiger partial charge is 0.259 e. The van der Waals surface area contributed by atoms with Crippen molar-refractivity contribution >= 4 is 34.7 Å². The third-order valence-corrected chi connectivity index (χ3v) is 4.11. The Labute approximate surface area is 152 Å². The van der Waals surface area contributed by atoms with E-state index in [2.05, 4.69) is 10.3 Å².